The van der Waals surface area contributed by atoms with Gasteiger partial charge in [0.2, 0.25) is 0 Å². The van der Waals surface area contributed by atoms with E-state index in [9.17, 15) is 4.79 Å². The number of fused-ring (bicyclic) bond motifs is 1. The Kier molecular flexibility index (Phi) is 6.42. The summed E-state index contributed by atoms with van der Waals surface area (Å²) >= 11 is 0. The van der Waals surface area contributed by atoms with Crippen molar-refractivity contribution >= 4 is 22.6 Å². The predicted molar refractivity (Wildman–Crippen MR) is 114 cm³/mol. The lowest BCUT2D eigenvalue weighted by Crippen LogP contribution is -2.39. The molecule has 1 aromatic carbocycles. The summed E-state index contributed by atoms with van der Waals surface area (Å²) in [5.74, 6) is 0.591. The Balaban J connectivity index is 1.72. The number of likely N-dealkylation sites (tertiary alicyclic amines) is 1. The molecule has 1 aliphatic rings. The number of anilines is 1. The summed E-state index contributed by atoms with van der Waals surface area (Å²) in [7, 11) is 1.81. The van der Waals surface area contributed by atoms with E-state index in [1.54, 1.807) is 4.90 Å². The molecule has 2 heterocycles. The molecule has 2 N–H and O–H groups in total. The second kappa shape index (κ2) is 8.79. The standard InChI is InChI=1S/C22H34N4O/c1-5-7-16(3)26-12-10-17(11-13-26)20-15-23-21-9-8-18(14-19(20)21)24-22(27)25(4)6-2/h8-9,14-17,23H,5-7,10-13H2,1-4H3,(H,24,27). The smallest absolute Gasteiger partial charge is 0.321 e. The van der Waals surface area contributed by atoms with Crippen molar-refractivity contribution < 1.29 is 4.79 Å². The molecular weight excluding hydrogens is 336 g/mol. The number of aromatic nitrogens is 1. The molecule has 0 spiro atoms. The second-order valence-corrected chi connectivity index (χ2v) is 7.90. The summed E-state index contributed by atoms with van der Waals surface area (Å²) in [5, 5.41) is 4.25. The van der Waals surface area contributed by atoms with E-state index in [0.717, 1.165) is 11.2 Å². The summed E-state index contributed by atoms with van der Waals surface area (Å²) in [6.07, 6.45) is 7.12. The zero-order valence-corrected chi connectivity index (χ0v) is 17.2. The summed E-state index contributed by atoms with van der Waals surface area (Å²) in [6.45, 7) is 9.65. The van der Waals surface area contributed by atoms with Crippen molar-refractivity contribution in [3.05, 3.63) is 30.0 Å². The summed E-state index contributed by atoms with van der Waals surface area (Å²) < 4.78 is 0. The van der Waals surface area contributed by atoms with Crippen molar-refractivity contribution in [3.8, 4) is 0 Å². The van der Waals surface area contributed by atoms with Crippen LogP contribution in [-0.4, -0.2) is 53.5 Å². The highest BCUT2D eigenvalue weighted by Crippen LogP contribution is 2.35. The molecule has 3 rings (SSSR count). The van der Waals surface area contributed by atoms with Crippen LogP contribution < -0.4 is 5.32 Å². The molecule has 5 heteroatoms. The maximum absolute atomic E-state index is 12.2. The number of piperidine rings is 1. The lowest BCUT2D eigenvalue weighted by atomic mass is 9.88. The third-order valence-electron chi connectivity index (χ3n) is 6.09. The number of hydrogen-bond donors (Lipinski definition) is 2. The summed E-state index contributed by atoms with van der Waals surface area (Å²) in [4.78, 5) is 19.9. The highest BCUT2D eigenvalue weighted by molar-refractivity contribution is 5.93. The zero-order valence-electron chi connectivity index (χ0n) is 17.2. The number of nitrogens with one attached hydrogen (secondary N) is 2. The molecule has 0 radical (unpaired) electrons. The molecule has 27 heavy (non-hydrogen) atoms. The Morgan fingerprint density at radius 3 is 2.74 bits per heavy atom. The van der Waals surface area contributed by atoms with Crippen molar-refractivity contribution in [3.63, 3.8) is 0 Å². The van der Waals surface area contributed by atoms with Gasteiger partial charge in [0, 0.05) is 42.4 Å². The van der Waals surface area contributed by atoms with Crippen LogP contribution in [0.15, 0.2) is 24.4 Å². The van der Waals surface area contributed by atoms with Gasteiger partial charge in [-0.1, -0.05) is 13.3 Å². The van der Waals surface area contributed by atoms with Gasteiger partial charge in [-0.2, -0.15) is 0 Å². The van der Waals surface area contributed by atoms with E-state index in [-0.39, 0.29) is 6.03 Å². The number of rotatable bonds is 6. The highest BCUT2D eigenvalue weighted by Gasteiger charge is 2.25. The van der Waals surface area contributed by atoms with Crippen molar-refractivity contribution in [2.24, 2.45) is 0 Å². The molecule has 1 saturated heterocycles. The van der Waals surface area contributed by atoms with Gasteiger partial charge in [0.05, 0.1) is 0 Å². The topological polar surface area (TPSA) is 51.4 Å². The van der Waals surface area contributed by atoms with E-state index >= 15 is 0 Å². The van der Waals surface area contributed by atoms with Crippen LogP contribution in [0.3, 0.4) is 0 Å². The number of H-pyrrole nitrogens is 1. The molecule has 0 saturated carbocycles. The fourth-order valence-corrected chi connectivity index (χ4v) is 4.17. The number of benzene rings is 1. The molecule has 2 aromatic rings. The van der Waals surface area contributed by atoms with Gasteiger partial charge in [-0.3, -0.25) is 0 Å². The molecule has 1 fully saturated rings. The van der Waals surface area contributed by atoms with Gasteiger partial charge < -0.3 is 20.1 Å². The normalized spacial score (nSPS) is 17.2. The molecule has 1 aliphatic heterocycles. The maximum atomic E-state index is 12.2. The van der Waals surface area contributed by atoms with Crippen LogP contribution in [0.25, 0.3) is 10.9 Å². The minimum Gasteiger partial charge on any atom is -0.361 e. The third-order valence-corrected chi connectivity index (χ3v) is 6.09. The van der Waals surface area contributed by atoms with Gasteiger partial charge in [0.25, 0.3) is 0 Å². The average molecular weight is 371 g/mol. The largest absolute Gasteiger partial charge is 0.361 e. The van der Waals surface area contributed by atoms with Crippen LogP contribution in [0.2, 0.25) is 0 Å². The van der Waals surface area contributed by atoms with E-state index in [2.05, 4.69) is 47.4 Å². The van der Waals surface area contributed by atoms with Gasteiger partial charge in [0.15, 0.2) is 0 Å². The van der Waals surface area contributed by atoms with Gasteiger partial charge in [0.1, 0.15) is 0 Å². The Morgan fingerprint density at radius 1 is 1.33 bits per heavy atom. The number of carbonyl (C=O) groups is 1. The van der Waals surface area contributed by atoms with E-state index in [1.807, 2.05) is 20.0 Å². The fourth-order valence-electron chi connectivity index (χ4n) is 4.17. The van der Waals surface area contributed by atoms with Crippen LogP contribution in [0.5, 0.6) is 0 Å². The number of carbonyl (C=O) groups excluding carboxylic acids is 1. The zero-order chi connectivity index (χ0) is 19.4. The highest BCUT2D eigenvalue weighted by atomic mass is 16.2. The Hall–Kier alpha value is -2.01. The maximum Gasteiger partial charge on any atom is 0.321 e. The van der Waals surface area contributed by atoms with Crippen LogP contribution in [-0.2, 0) is 0 Å². The molecule has 2 amide bonds. The van der Waals surface area contributed by atoms with Crippen molar-refractivity contribution in [2.45, 2.75) is 58.4 Å². The van der Waals surface area contributed by atoms with E-state index in [1.165, 1.54) is 49.7 Å². The van der Waals surface area contributed by atoms with Gasteiger partial charge in [-0.05, 0) is 75.9 Å². The number of amides is 2. The molecule has 0 bridgehead atoms. The van der Waals surface area contributed by atoms with Crippen molar-refractivity contribution in [1.29, 1.82) is 0 Å². The van der Waals surface area contributed by atoms with Crippen LogP contribution in [0.4, 0.5) is 10.5 Å². The van der Waals surface area contributed by atoms with E-state index in [4.69, 9.17) is 0 Å². The molecule has 148 valence electrons. The van der Waals surface area contributed by atoms with Crippen LogP contribution >= 0.6 is 0 Å². The second-order valence-electron chi connectivity index (χ2n) is 7.90. The van der Waals surface area contributed by atoms with Crippen LogP contribution in [0.1, 0.15) is 57.9 Å². The Labute approximate surface area is 163 Å². The van der Waals surface area contributed by atoms with Gasteiger partial charge in [-0.25, -0.2) is 4.79 Å². The summed E-state index contributed by atoms with van der Waals surface area (Å²) in [6, 6.07) is 6.79. The Bertz CT molecular complexity index is 761. The summed E-state index contributed by atoms with van der Waals surface area (Å²) in [5.41, 5.74) is 3.41. The van der Waals surface area contributed by atoms with Gasteiger partial charge in [-0.15, -0.1) is 0 Å². The minimum atomic E-state index is -0.0628. The Morgan fingerprint density at radius 2 is 2.07 bits per heavy atom. The molecule has 1 aromatic heterocycles. The quantitative estimate of drug-likeness (QED) is 0.750. The number of urea groups is 1. The molecule has 1 atom stereocenters. The SMILES string of the molecule is CCCC(C)N1CCC(c2c[nH]c3ccc(NC(=O)N(C)CC)cc23)CC1. The van der Waals surface area contributed by atoms with Gasteiger partial charge >= 0.3 is 6.03 Å². The number of aromatic amines is 1. The lowest BCUT2D eigenvalue weighted by Gasteiger charge is -2.36. The first-order valence-electron chi connectivity index (χ1n) is 10.4. The molecule has 0 aliphatic carbocycles. The predicted octanol–water partition coefficient (Wildman–Crippen LogP) is 5.02. The minimum absolute atomic E-state index is 0.0628. The lowest BCUT2D eigenvalue weighted by molar-refractivity contribution is 0.155. The third kappa shape index (κ3) is 4.46. The molecule has 1 unspecified atom stereocenters. The fraction of sp³-hybridized carbons (Fsp3) is 0.591. The molecule has 5 nitrogen and oxygen atoms in total. The van der Waals surface area contributed by atoms with Crippen LogP contribution in [0, 0.1) is 0 Å². The first kappa shape index (κ1) is 19.7. The monoisotopic (exact) mass is 370 g/mol. The number of nitrogens with zero attached hydrogens (tertiary/aromatic N) is 2. The van der Waals surface area contributed by atoms with Crippen molar-refractivity contribution in [2.75, 3.05) is 32.0 Å². The average Bonchev–Trinajstić information content (AvgIpc) is 3.10. The first-order valence-corrected chi connectivity index (χ1v) is 10.4. The van der Waals surface area contributed by atoms with E-state index in [0.29, 0.717) is 18.5 Å². The molecular formula is C22H34N4O. The van der Waals surface area contributed by atoms with E-state index < -0.39 is 0 Å². The number of hydrogen-bond acceptors (Lipinski definition) is 2. The first-order chi connectivity index (χ1) is 13.0. The van der Waals surface area contributed by atoms with Crippen molar-refractivity contribution in [1.82, 2.24) is 14.8 Å².